The number of carbonyl (C=O) groups excluding carboxylic acids is 1. The summed E-state index contributed by atoms with van der Waals surface area (Å²) in [4.78, 5) is 12.4. The zero-order valence-electron chi connectivity index (χ0n) is 13.8. The highest BCUT2D eigenvalue weighted by molar-refractivity contribution is 7.88. The second-order valence-electron chi connectivity index (χ2n) is 6.04. The maximum Gasteiger partial charge on any atom is 0.243 e. The number of hydrogen-bond acceptors (Lipinski definition) is 3. The van der Waals surface area contributed by atoms with Gasteiger partial charge in [0.25, 0.3) is 0 Å². The first-order chi connectivity index (χ1) is 11.9. The van der Waals surface area contributed by atoms with E-state index in [1.165, 1.54) is 28.6 Å². The SMILES string of the molecule is Cc1ccccc1C1C(=O)NCCN1S(=O)(=O)Cc1ccc(F)cc1. The van der Waals surface area contributed by atoms with Crippen LogP contribution in [-0.2, 0) is 20.6 Å². The molecule has 0 radical (unpaired) electrons. The molecule has 3 rings (SSSR count). The van der Waals surface area contributed by atoms with E-state index in [0.29, 0.717) is 11.1 Å². The lowest BCUT2D eigenvalue weighted by atomic mass is 9.99. The number of hydrogen-bond donors (Lipinski definition) is 1. The number of rotatable bonds is 4. The average molecular weight is 362 g/mol. The van der Waals surface area contributed by atoms with Gasteiger partial charge in [0.2, 0.25) is 15.9 Å². The van der Waals surface area contributed by atoms with Crippen molar-refractivity contribution in [1.29, 1.82) is 0 Å². The second-order valence-corrected chi connectivity index (χ2v) is 7.97. The fourth-order valence-electron chi connectivity index (χ4n) is 3.01. The van der Waals surface area contributed by atoms with Gasteiger partial charge in [0, 0.05) is 13.1 Å². The number of nitrogens with zero attached hydrogens (tertiary/aromatic N) is 1. The summed E-state index contributed by atoms with van der Waals surface area (Å²) in [6.07, 6.45) is 0. The topological polar surface area (TPSA) is 66.5 Å². The normalized spacial score (nSPS) is 18.8. The molecule has 1 heterocycles. The quantitative estimate of drug-likeness (QED) is 0.906. The summed E-state index contributed by atoms with van der Waals surface area (Å²) < 4.78 is 40.2. The van der Waals surface area contributed by atoms with Crippen LogP contribution in [0.4, 0.5) is 4.39 Å². The molecule has 1 amide bonds. The Kier molecular flexibility index (Phi) is 4.87. The Morgan fingerprint density at radius 1 is 1.16 bits per heavy atom. The number of piperazine rings is 1. The van der Waals surface area contributed by atoms with E-state index in [2.05, 4.69) is 5.32 Å². The molecule has 5 nitrogen and oxygen atoms in total. The number of carbonyl (C=O) groups is 1. The van der Waals surface area contributed by atoms with Gasteiger partial charge in [0.05, 0.1) is 5.75 Å². The fraction of sp³-hybridized carbons (Fsp3) is 0.278. The van der Waals surface area contributed by atoms with E-state index in [0.717, 1.165) is 5.56 Å². The van der Waals surface area contributed by atoms with E-state index in [4.69, 9.17) is 0 Å². The average Bonchev–Trinajstić information content (AvgIpc) is 2.57. The van der Waals surface area contributed by atoms with Gasteiger partial charge in [-0.25, -0.2) is 12.8 Å². The van der Waals surface area contributed by atoms with Crippen LogP contribution in [0.3, 0.4) is 0 Å². The Bertz CT molecular complexity index is 881. The molecule has 0 saturated carbocycles. The van der Waals surface area contributed by atoms with Crippen LogP contribution < -0.4 is 5.32 Å². The van der Waals surface area contributed by atoms with Crippen molar-refractivity contribution in [3.05, 3.63) is 71.0 Å². The molecule has 0 bridgehead atoms. The van der Waals surface area contributed by atoms with E-state index in [1.807, 2.05) is 19.1 Å². The van der Waals surface area contributed by atoms with Crippen molar-refractivity contribution in [2.75, 3.05) is 13.1 Å². The molecule has 1 unspecified atom stereocenters. The molecule has 25 heavy (non-hydrogen) atoms. The van der Waals surface area contributed by atoms with Gasteiger partial charge in [-0.3, -0.25) is 4.79 Å². The molecule has 0 aromatic heterocycles. The first-order valence-electron chi connectivity index (χ1n) is 7.96. The van der Waals surface area contributed by atoms with Crippen molar-refractivity contribution in [3.8, 4) is 0 Å². The molecule has 2 aromatic rings. The highest BCUT2D eigenvalue weighted by atomic mass is 32.2. The largest absolute Gasteiger partial charge is 0.353 e. The zero-order valence-corrected chi connectivity index (χ0v) is 14.6. The van der Waals surface area contributed by atoms with Crippen molar-refractivity contribution in [3.63, 3.8) is 0 Å². The Morgan fingerprint density at radius 3 is 2.52 bits per heavy atom. The first kappa shape index (κ1) is 17.6. The van der Waals surface area contributed by atoms with Crippen LogP contribution in [-0.4, -0.2) is 31.7 Å². The summed E-state index contributed by atoms with van der Waals surface area (Å²) >= 11 is 0. The number of sulfonamides is 1. The van der Waals surface area contributed by atoms with E-state index >= 15 is 0 Å². The fourth-order valence-corrected chi connectivity index (χ4v) is 4.69. The molecule has 1 aliphatic heterocycles. The van der Waals surface area contributed by atoms with Crippen LogP contribution in [0.1, 0.15) is 22.7 Å². The maximum atomic E-state index is 13.0. The zero-order chi connectivity index (χ0) is 18.0. The van der Waals surface area contributed by atoms with Gasteiger partial charge in [-0.05, 0) is 35.7 Å². The van der Waals surface area contributed by atoms with Crippen LogP contribution in [0, 0.1) is 12.7 Å². The smallest absolute Gasteiger partial charge is 0.243 e. The Hall–Kier alpha value is -2.25. The van der Waals surface area contributed by atoms with Gasteiger partial charge in [-0.2, -0.15) is 4.31 Å². The number of benzene rings is 2. The predicted octanol–water partition coefficient (Wildman–Crippen LogP) is 2.14. The third kappa shape index (κ3) is 3.72. The lowest BCUT2D eigenvalue weighted by Gasteiger charge is -2.35. The first-order valence-corrected chi connectivity index (χ1v) is 9.56. The van der Waals surface area contributed by atoms with Crippen LogP contribution >= 0.6 is 0 Å². The summed E-state index contributed by atoms with van der Waals surface area (Å²) in [5.41, 5.74) is 2.00. The van der Waals surface area contributed by atoms with Crippen molar-refractivity contribution < 1.29 is 17.6 Å². The van der Waals surface area contributed by atoms with E-state index in [9.17, 15) is 17.6 Å². The molecule has 0 aliphatic carbocycles. The number of halogens is 1. The second kappa shape index (κ2) is 6.93. The minimum Gasteiger partial charge on any atom is -0.353 e. The predicted molar refractivity (Wildman–Crippen MR) is 92.7 cm³/mol. The molecule has 1 atom stereocenters. The molecule has 7 heteroatoms. The molecular formula is C18H19FN2O3S. The molecule has 1 aliphatic rings. The molecular weight excluding hydrogens is 343 g/mol. The number of aryl methyl sites for hydroxylation is 1. The van der Waals surface area contributed by atoms with Crippen molar-refractivity contribution in [1.82, 2.24) is 9.62 Å². The van der Waals surface area contributed by atoms with E-state index in [1.54, 1.807) is 12.1 Å². The monoisotopic (exact) mass is 362 g/mol. The lowest BCUT2D eigenvalue weighted by molar-refractivity contribution is -0.126. The Balaban J connectivity index is 1.95. The minimum absolute atomic E-state index is 0.203. The molecule has 0 spiro atoms. The lowest BCUT2D eigenvalue weighted by Crippen LogP contribution is -2.52. The molecule has 1 N–H and O–H groups in total. The summed E-state index contributed by atoms with van der Waals surface area (Å²) in [7, 11) is -3.75. The van der Waals surface area contributed by atoms with E-state index < -0.39 is 21.9 Å². The van der Waals surface area contributed by atoms with Crippen LogP contribution in [0.5, 0.6) is 0 Å². The van der Waals surface area contributed by atoms with E-state index in [-0.39, 0.29) is 24.7 Å². The van der Waals surface area contributed by atoms with Gasteiger partial charge in [0.15, 0.2) is 0 Å². The van der Waals surface area contributed by atoms with Crippen LogP contribution in [0.25, 0.3) is 0 Å². The minimum atomic E-state index is -3.75. The van der Waals surface area contributed by atoms with Gasteiger partial charge in [-0.1, -0.05) is 36.4 Å². The van der Waals surface area contributed by atoms with Gasteiger partial charge in [0.1, 0.15) is 11.9 Å². The third-order valence-corrected chi connectivity index (χ3v) is 6.08. The highest BCUT2D eigenvalue weighted by Gasteiger charge is 2.39. The maximum absolute atomic E-state index is 13.0. The molecule has 2 aromatic carbocycles. The van der Waals surface area contributed by atoms with Crippen molar-refractivity contribution >= 4 is 15.9 Å². The van der Waals surface area contributed by atoms with Crippen molar-refractivity contribution in [2.45, 2.75) is 18.7 Å². The Morgan fingerprint density at radius 2 is 1.84 bits per heavy atom. The van der Waals surface area contributed by atoms with Crippen molar-refractivity contribution in [2.24, 2.45) is 0 Å². The standard InChI is InChI=1S/C18H19FN2O3S/c1-13-4-2-3-5-16(13)17-18(22)20-10-11-21(17)25(23,24)12-14-6-8-15(19)9-7-14/h2-9,17H,10-12H2,1H3,(H,20,22). The van der Waals surface area contributed by atoms with Crippen LogP contribution in [0.15, 0.2) is 48.5 Å². The van der Waals surface area contributed by atoms with Gasteiger partial charge < -0.3 is 5.32 Å². The molecule has 1 fully saturated rings. The summed E-state index contributed by atoms with van der Waals surface area (Å²) in [5, 5.41) is 2.74. The van der Waals surface area contributed by atoms with Gasteiger partial charge in [-0.15, -0.1) is 0 Å². The molecule has 1 saturated heterocycles. The Labute approximate surface area is 146 Å². The van der Waals surface area contributed by atoms with Crippen LogP contribution in [0.2, 0.25) is 0 Å². The number of nitrogens with one attached hydrogen (secondary N) is 1. The van der Waals surface area contributed by atoms with Gasteiger partial charge >= 0.3 is 0 Å². The highest BCUT2D eigenvalue weighted by Crippen LogP contribution is 2.29. The molecule has 132 valence electrons. The number of amides is 1. The summed E-state index contributed by atoms with van der Waals surface area (Å²) in [5.74, 6) is -1.03. The third-order valence-electron chi connectivity index (χ3n) is 4.27. The summed E-state index contributed by atoms with van der Waals surface area (Å²) in [6, 6.07) is 11.7. The summed E-state index contributed by atoms with van der Waals surface area (Å²) in [6.45, 7) is 2.32.